The zero-order chi connectivity index (χ0) is 22.8. The molecule has 0 saturated heterocycles. The van der Waals surface area contributed by atoms with Crippen molar-refractivity contribution in [2.24, 2.45) is 13.0 Å². The van der Waals surface area contributed by atoms with Gasteiger partial charge in [0, 0.05) is 30.8 Å². The number of aryl methyl sites for hydroxylation is 1. The van der Waals surface area contributed by atoms with Gasteiger partial charge in [0.1, 0.15) is 11.5 Å². The van der Waals surface area contributed by atoms with E-state index in [1.807, 2.05) is 26.0 Å². The van der Waals surface area contributed by atoms with Crippen LogP contribution in [0, 0.1) is 5.92 Å². The van der Waals surface area contributed by atoms with Crippen molar-refractivity contribution < 1.29 is 9.53 Å². The number of anilines is 2. The molecular formula is C21H27N9O2. The fraction of sp³-hybridized carbons (Fsp3) is 0.429. The molecule has 11 heteroatoms. The molecule has 3 aromatic rings. The van der Waals surface area contributed by atoms with Crippen LogP contribution in [0.15, 0.2) is 24.1 Å². The first-order valence-corrected chi connectivity index (χ1v) is 10.6. The van der Waals surface area contributed by atoms with Crippen LogP contribution in [0.2, 0.25) is 0 Å². The number of carbonyl (C=O) groups excluding carboxylic acids is 1. The number of aromatic nitrogens is 7. The van der Waals surface area contributed by atoms with Crippen LogP contribution in [0.3, 0.4) is 0 Å². The molecule has 1 saturated carbocycles. The van der Waals surface area contributed by atoms with Gasteiger partial charge in [-0.3, -0.25) is 4.79 Å². The molecule has 2 N–H and O–H groups in total. The number of allylic oxidation sites excluding steroid dienone is 3. The Morgan fingerprint density at radius 2 is 2.12 bits per heavy atom. The normalized spacial score (nSPS) is 15.0. The molecule has 0 aliphatic heterocycles. The standard InChI is InChI=1S/C21H27N9O2/c1-6-13(20-25-28-29(4)26-20)18(32-5)15(7-2)30-16-10-17(24-21(31)12-8-9-12)23-11-14(16)19(22-3)27-30/h7,10-12H,6,8-9H2,1-5H3,(H,22,27)(H,23,24,31)/b15-7+,18-13-. The number of carbonyl (C=O) groups is 1. The maximum Gasteiger partial charge on any atom is 0.228 e. The van der Waals surface area contributed by atoms with Crippen molar-refractivity contribution >= 4 is 39.7 Å². The van der Waals surface area contributed by atoms with Gasteiger partial charge in [0.15, 0.2) is 11.6 Å². The first kappa shape index (κ1) is 21.5. The number of pyridine rings is 1. The number of nitrogens with one attached hydrogen (secondary N) is 2. The third-order valence-electron chi connectivity index (χ3n) is 5.35. The first-order valence-electron chi connectivity index (χ1n) is 10.6. The van der Waals surface area contributed by atoms with Crippen molar-refractivity contribution in [2.75, 3.05) is 24.8 Å². The van der Waals surface area contributed by atoms with Crippen LogP contribution in [0.1, 0.15) is 38.9 Å². The van der Waals surface area contributed by atoms with Gasteiger partial charge in [-0.15, -0.1) is 15.3 Å². The van der Waals surface area contributed by atoms with Gasteiger partial charge in [0.25, 0.3) is 0 Å². The second-order valence-electron chi connectivity index (χ2n) is 7.50. The number of nitrogens with zero attached hydrogens (tertiary/aromatic N) is 7. The molecule has 1 aliphatic carbocycles. The average Bonchev–Trinajstić information content (AvgIpc) is 3.48. The Balaban J connectivity index is 1.84. The molecule has 4 rings (SSSR count). The summed E-state index contributed by atoms with van der Waals surface area (Å²) in [6.07, 6.45) is 6.11. The van der Waals surface area contributed by atoms with Gasteiger partial charge in [-0.05, 0) is 31.4 Å². The Morgan fingerprint density at radius 3 is 2.69 bits per heavy atom. The quantitative estimate of drug-likeness (QED) is 0.407. The lowest BCUT2D eigenvalue weighted by Crippen LogP contribution is -2.14. The Labute approximate surface area is 185 Å². The van der Waals surface area contributed by atoms with E-state index in [1.165, 1.54) is 4.80 Å². The van der Waals surface area contributed by atoms with E-state index in [-0.39, 0.29) is 11.8 Å². The highest BCUT2D eigenvalue weighted by Crippen LogP contribution is 2.34. The summed E-state index contributed by atoms with van der Waals surface area (Å²) in [5.41, 5.74) is 2.30. The van der Waals surface area contributed by atoms with Gasteiger partial charge in [-0.1, -0.05) is 13.0 Å². The highest BCUT2D eigenvalue weighted by atomic mass is 16.5. The van der Waals surface area contributed by atoms with E-state index in [9.17, 15) is 4.79 Å². The van der Waals surface area contributed by atoms with Crippen LogP contribution in [0.5, 0.6) is 0 Å². The lowest BCUT2D eigenvalue weighted by molar-refractivity contribution is -0.117. The number of hydrogen-bond acceptors (Lipinski definition) is 8. The van der Waals surface area contributed by atoms with Gasteiger partial charge in [0.2, 0.25) is 11.7 Å². The average molecular weight is 438 g/mol. The lowest BCUT2D eigenvalue weighted by Gasteiger charge is -2.15. The molecule has 1 amide bonds. The maximum atomic E-state index is 12.2. The highest BCUT2D eigenvalue weighted by Gasteiger charge is 2.30. The number of amides is 1. The summed E-state index contributed by atoms with van der Waals surface area (Å²) in [6, 6.07) is 1.83. The summed E-state index contributed by atoms with van der Waals surface area (Å²) in [5.74, 6) is 2.33. The maximum absolute atomic E-state index is 12.2. The lowest BCUT2D eigenvalue weighted by atomic mass is 10.1. The fourth-order valence-electron chi connectivity index (χ4n) is 3.58. The minimum Gasteiger partial charge on any atom is -0.494 e. The zero-order valence-corrected chi connectivity index (χ0v) is 18.9. The smallest absolute Gasteiger partial charge is 0.228 e. The summed E-state index contributed by atoms with van der Waals surface area (Å²) in [4.78, 5) is 18.1. The van der Waals surface area contributed by atoms with Crippen LogP contribution < -0.4 is 10.6 Å². The Kier molecular flexibility index (Phi) is 5.89. The SMILES string of the molecule is C/C=C(\C(OC)=C(/CC)c1nnn(C)n1)n1nc(NC)c2cnc(NC(=O)C3CC3)cc21. The molecule has 0 atom stereocenters. The number of tetrazole rings is 1. The van der Waals surface area contributed by atoms with Gasteiger partial charge >= 0.3 is 0 Å². The van der Waals surface area contributed by atoms with Gasteiger partial charge < -0.3 is 15.4 Å². The highest BCUT2D eigenvalue weighted by molar-refractivity contribution is 5.98. The minimum atomic E-state index is 0.00230. The van der Waals surface area contributed by atoms with Crippen LogP contribution >= 0.6 is 0 Å². The minimum absolute atomic E-state index is 0.00230. The molecule has 32 heavy (non-hydrogen) atoms. The predicted octanol–water partition coefficient (Wildman–Crippen LogP) is 2.67. The summed E-state index contributed by atoms with van der Waals surface area (Å²) in [5, 5.41) is 24.0. The summed E-state index contributed by atoms with van der Waals surface area (Å²) < 4.78 is 7.61. The van der Waals surface area contributed by atoms with E-state index in [0.29, 0.717) is 35.3 Å². The van der Waals surface area contributed by atoms with Crippen molar-refractivity contribution in [3.05, 3.63) is 29.9 Å². The first-order chi connectivity index (χ1) is 15.5. The van der Waals surface area contributed by atoms with Crippen LogP contribution in [-0.4, -0.2) is 55.0 Å². The van der Waals surface area contributed by atoms with Crippen LogP contribution in [0.4, 0.5) is 11.6 Å². The van der Waals surface area contributed by atoms with Gasteiger partial charge in [-0.25, -0.2) is 9.67 Å². The van der Waals surface area contributed by atoms with Crippen LogP contribution in [0.25, 0.3) is 22.2 Å². The van der Waals surface area contributed by atoms with Crippen molar-refractivity contribution in [1.29, 1.82) is 0 Å². The fourth-order valence-corrected chi connectivity index (χ4v) is 3.58. The van der Waals surface area contributed by atoms with E-state index in [4.69, 9.17) is 9.84 Å². The monoisotopic (exact) mass is 437 g/mol. The second kappa shape index (κ2) is 8.77. The second-order valence-corrected chi connectivity index (χ2v) is 7.50. The Morgan fingerprint density at radius 1 is 1.34 bits per heavy atom. The third-order valence-corrected chi connectivity index (χ3v) is 5.35. The van der Waals surface area contributed by atoms with E-state index in [2.05, 4.69) is 31.0 Å². The van der Waals surface area contributed by atoms with Crippen molar-refractivity contribution in [1.82, 2.24) is 35.0 Å². The Hall–Kier alpha value is -3.76. The number of rotatable bonds is 8. The molecular weight excluding hydrogens is 410 g/mol. The molecule has 1 aliphatic rings. The van der Waals surface area contributed by atoms with E-state index in [0.717, 1.165) is 29.3 Å². The molecule has 11 nitrogen and oxygen atoms in total. The largest absolute Gasteiger partial charge is 0.494 e. The topological polar surface area (TPSA) is 125 Å². The van der Waals surface area contributed by atoms with Crippen LogP contribution in [-0.2, 0) is 16.6 Å². The van der Waals surface area contributed by atoms with Gasteiger partial charge in [-0.2, -0.15) is 4.80 Å². The molecule has 0 aromatic carbocycles. The van der Waals surface area contributed by atoms with Gasteiger partial charge in [0.05, 0.1) is 25.1 Å². The molecule has 0 spiro atoms. The molecule has 3 aromatic heterocycles. The molecule has 168 valence electrons. The summed E-state index contributed by atoms with van der Waals surface area (Å²) in [6.45, 7) is 3.92. The number of fused-ring (bicyclic) bond motifs is 1. The third kappa shape index (κ3) is 3.93. The summed E-state index contributed by atoms with van der Waals surface area (Å²) in [7, 11) is 5.13. The van der Waals surface area contributed by atoms with E-state index < -0.39 is 0 Å². The number of hydrogen-bond donors (Lipinski definition) is 2. The predicted molar refractivity (Wildman–Crippen MR) is 121 cm³/mol. The number of ether oxygens (including phenoxy) is 1. The van der Waals surface area contributed by atoms with Crippen molar-refractivity contribution in [3.63, 3.8) is 0 Å². The summed E-state index contributed by atoms with van der Waals surface area (Å²) >= 11 is 0. The van der Waals surface area contributed by atoms with Crippen molar-refractivity contribution in [2.45, 2.75) is 33.1 Å². The van der Waals surface area contributed by atoms with E-state index >= 15 is 0 Å². The van der Waals surface area contributed by atoms with Crippen molar-refractivity contribution in [3.8, 4) is 0 Å². The molecule has 1 fully saturated rings. The Bertz CT molecular complexity index is 1220. The molecule has 0 radical (unpaired) electrons. The zero-order valence-electron chi connectivity index (χ0n) is 18.9. The number of methoxy groups -OCH3 is 1. The molecule has 0 bridgehead atoms. The molecule has 0 unspecified atom stereocenters. The molecule has 3 heterocycles. The van der Waals surface area contributed by atoms with E-state index in [1.54, 1.807) is 32.1 Å².